The molecule has 168 valence electrons. The first kappa shape index (κ1) is 21.0. The number of carbonyl (C=O) groups excluding carboxylic acids is 1. The lowest BCUT2D eigenvalue weighted by atomic mass is 9.96. The topological polar surface area (TPSA) is 71.6 Å². The second-order valence-corrected chi connectivity index (χ2v) is 8.53. The van der Waals surface area contributed by atoms with E-state index in [0.717, 1.165) is 43.5 Å². The third kappa shape index (κ3) is 4.67. The van der Waals surface area contributed by atoms with Crippen molar-refractivity contribution >= 4 is 17.4 Å². The zero-order chi connectivity index (χ0) is 22.6. The third-order valence-corrected chi connectivity index (χ3v) is 6.20. The Labute approximate surface area is 192 Å². The Morgan fingerprint density at radius 1 is 0.970 bits per heavy atom. The number of likely N-dealkylation sites (tertiary alicyclic amines) is 1. The van der Waals surface area contributed by atoms with E-state index in [9.17, 15) is 9.59 Å². The number of hydrogen-bond acceptors (Lipinski definition) is 3. The second kappa shape index (κ2) is 9.32. The summed E-state index contributed by atoms with van der Waals surface area (Å²) in [5.41, 5.74) is 3.30. The fraction of sp³-hybridized carbons (Fsp3) is 0.269. The lowest BCUT2D eigenvalue weighted by Crippen LogP contribution is -2.46. The summed E-state index contributed by atoms with van der Waals surface area (Å²) in [5, 5.41) is 7.46. The van der Waals surface area contributed by atoms with Gasteiger partial charge in [0, 0.05) is 24.5 Å². The summed E-state index contributed by atoms with van der Waals surface area (Å²) in [5.74, 6) is 0. The van der Waals surface area contributed by atoms with Crippen molar-refractivity contribution in [3.8, 4) is 0 Å². The standard InChI is InChI=1S/C26H27N5O2/c32-25(29-15-6-4-13-23(29)18-20-9-2-1-3-10-20)27-22-12-8-11-21(17-22)19-31-26(33)30-16-7-5-14-24(30)28-31/h1-3,5,7-12,14,16-17,23H,4,6,13,15,18-19H2,(H,27,32). The molecule has 1 fully saturated rings. The number of nitrogens with zero attached hydrogens (tertiary/aromatic N) is 4. The quantitative estimate of drug-likeness (QED) is 0.505. The molecule has 1 aliphatic heterocycles. The number of urea groups is 1. The van der Waals surface area contributed by atoms with Crippen LogP contribution in [0.15, 0.2) is 83.8 Å². The molecule has 0 saturated carbocycles. The van der Waals surface area contributed by atoms with Gasteiger partial charge in [-0.05, 0) is 61.1 Å². The van der Waals surface area contributed by atoms with Gasteiger partial charge in [-0.15, -0.1) is 5.10 Å². The van der Waals surface area contributed by atoms with E-state index in [1.54, 1.807) is 12.3 Å². The molecule has 2 aromatic carbocycles. The van der Waals surface area contributed by atoms with Crippen molar-refractivity contribution < 1.29 is 4.79 Å². The van der Waals surface area contributed by atoms with Crippen LogP contribution < -0.4 is 11.0 Å². The van der Waals surface area contributed by atoms with Crippen LogP contribution in [0.1, 0.15) is 30.4 Å². The van der Waals surface area contributed by atoms with E-state index in [4.69, 9.17) is 0 Å². The highest BCUT2D eigenvalue weighted by atomic mass is 16.2. The zero-order valence-electron chi connectivity index (χ0n) is 18.4. The first-order valence-corrected chi connectivity index (χ1v) is 11.4. The van der Waals surface area contributed by atoms with E-state index in [2.05, 4.69) is 22.5 Å². The molecule has 0 bridgehead atoms. The molecule has 0 aliphatic carbocycles. The molecular formula is C26H27N5O2. The minimum absolute atomic E-state index is 0.0716. The lowest BCUT2D eigenvalue weighted by Gasteiger charge is -2.36. The summed E-state index contributed by atoms with van der Waals surface area (Å²) >= 11 is 0. The third-order valence-electron chi connectivity index (χ3n) is 6.20. The molecule has 1 saturated heterocycles. The van der Waals surface area contributed by atoms with Crippen molar-refractivity contribution in [3.63, 3.8) is 0 Å². The maximum atomic E-state index is 13.2. The summed E-state index contributed by atoms with van der Waals surface area (Å²) in [6.45, 7) is 1.10. The molecule has 7 nitrogen and oxygen atoms in total. The zero-order valence-corrected chi connectivity index (χ0v) is 18.4. The van der Waals surface area contributed by atoms with Gasteiger partial charge in [0.2, 0.25) is 0 Å². The SMILES string of the molecule is O=C(Nc1cccc(Cn2nc3ccccn3c2=O)c1)N1CCCCC1Cc1ccccc1. The highest BCUT2D eigenvalue weighted by Gasteiger charge is 2.27. The number of nitrogens with one attached hydrogen (secondary N) is 1. The molecule has 0 spiro atoms. The summed E-state index contributed by atoms with van der Waals surface area (Å²) < 4.78 is 2.96. The number of rotatable bonds is 5. The summed E-state index contributed by atoms with van der Waals surface area (Å²) in [4.78, 5) is 27.7. The Kier molecular flexibility index (Phi) is 5.93. The highest BCUT2D eigenvalue weighted by molar-refractivity contribution is 5.89. The Morgan fingerprint density at radius 3 is 2.64 bits per heavy atom. The fourth-order valence-electron chi connectivity index (χ4n) is 4.55. The van der Waals surface area contributed by atoms with E-state index < -0.39 is 0 Å². The molecule has 33 heavy (non-hydrogen) atoms. The number of piperidine rings is 1. The van der Waals surface area contributed by atoms with Crippen molar-refractivity contribution in [2.45, 2.75) is 38.3 Å². The molecule has 4 aromatic rings. The first-order chi connectivity index (χ1) is 16.2. The molecular weight excluding hydrogens is 414 g/mol. The molecule has 5 rings (SSSR count). The smallest absolute Gasteiger partial charge is 0.321 e. The van der Waals surface area contributed by atoms with Crippen LogP contribution >= 0.6 is 0 Å². The predicted molar refractivity (Wildman–Crippen MR) is 129 cm³/mol. The number of anilines is 1. The van der Waals surface area contributed by atoms with Gasteiger partial charge in [0.05, 0.1) is 6.54 Å². The molecule has 2 aromatic heterocycles. The number of fused-ring (bicyclic) bond motifs is 1. The number of carbonyl (C=O) groups is 1. The number of hydrogen-bond donors (Lipinski definition) is 1. The number of pyridine rings is 1. The van der Waals surface area contributed by atoms with Crippen LogP contribution in [0.4, 0.5) is 10.5 Å². The van der Waals surface area contributed by atoms with Gasteiger partial charge in [-0.3, -0.25) is 4.40 Å². The first-order valence-electron chi connectivity index (χ1n) is 11.4. The van der Waals surface area contributed by atoms with Gasteiger partial charge in [0.25, 0.3) is 0 Å². The van der Waals surface area contributed by atoms with E-state index >= 15 is 0 Å². The predicted octanol–water partition coefficient (Wildman–Crippen LogP) is 4.17. The normalized spacial score (nSPS) is 16.1. The van der Waals surface area contributed by atoms with Gasteiger partial charge in [-0.2, -0.15) is 0 Å². The largest absolute Gasteiger partial charge is 0.350 e. The minimum atomic E-state index is -0.183. The second-order valence-electron chi connectivity index (χ2n) is 8.53. The van der Waals surface area contributed by atoms with Crippen molar-refractivity contribution in [2.75, 3.05) is 11.9 Å². The number of aromatic nitrogens is 3. The van der Waals surface area contributed by atoms with Crippen molar-refractivity contribution in [1.82, 2.24) is 19.1 Å². The van der Waals surface area contributed by atoms with E-state index in [-0.39, 0.29) is 17.8 Å². The van der Waals surface area contributed by atoms with Gasteiger partial charge in [0.15, 0.2) is 5.65 Å². The van der Waals surface area contributed by atoms with Crippen LogP contribution in [0, 0.1) is 0 Å². The van der Waals surface area contributed by atoms with Gasteiger partial charge >= 0.3 is 11.7 Å². The van der Waals surface area contributed by atoms with E-state index in [1.165, 1.54) is 14.6 Å². The van der Waals surface area contributed by atoms with Crippen LogP contribution in [0.3, 0.4) is 0 Å². The van der Waals surface area contributed by atoms with Crippen LogP contribution in [0.25, 0.3) is 5.65 Å². The maximum absolute atomic E-state index is 13.2. The molecule has 1 aliphatic rings. The van der Waals surface area contributed by atoms with Crippen LogP contribution in [-0.4, -0.2) is 37.7 Å². The number of benzene rings is 2. The van der Waals surface area contributed by atoms with Crippen molar-refractivity contribution in [2.24, 2.45) is 0 Å². The van der Waals surface area contributed by atoms with Gasteiger partial charge in [-0.25, -0.2) is 14.3 Å². The lowest BCUT2D eigenvalue weighted by molar-refractivity contribution is 0.162. The van der Waals surface area contributed by atoms with Crippen LogP contribution in [-0.2, 0) is 13.0 Å². The molecule has 1 unspecified atom stereocenters. The summed E-state index contributed by atoms with van der Waals surface area (Å²) in [7, 11) is 0. The van der Waals surface area contributed by atoms with E-state index in [0.29, 0.717) is 12.2 Å². The maximum Gasteiger partial charge on any atom is 0.350 e. The Morgan fingerprint density at radius 2 is 1.79 bits per heavy atom. The van der Waals surface area contributed by atoms with Crippen LogP contribution in [0.5, 0.6) is 0 Å². The molecule has 0 radical (unpaired) electrons. The van der Waals surface area contributed by atoms with Crippen LogP contribution in [0.2, 0.25) is 0 Å². The molecule has 1 atom stereocenters. The Hall–Kier alpha value is -3.87. The van der Waals surface area contributed by atoms with Crippen molar-refractivity contribution in [3.05, 3.63) is 101 Å². The molecule has 2 amide bonds. The average molecular weight is 442 g/mol. The summed E-state index contributed by atoms with van der Waals surface area (Å²) in [6, 6.07) is 23.6. The van der Waals surface area contributed by atoms with E-state index in [1.807, 2.05) is 59.5 Å². The molecule has 7 heteroatoms. The van der Waals surface area contributed by atoms with Gasteiger partial charge < -0.3 is 10.2 Å². The van der Waals surface area contributed by atoms with Crippen molar-refractivity contribution in [1.29, 1.82) is 0 Å². The van der Waals surface area contributed by atoms with Gasteiger partial charge in [-0.1, -0.05) is 48.5 Å². The Balaban J connectivity index is 1.29. The molecule has 3 heterocycles. The average Bonchev–Trinajstić information content (AvgIpc) is 3.15. The fourth-order valence-corrected chi connectivity index (χ4v) is 4.55. The monoisotopic (exact) mass is 441 g/mol. The van der Waals surface area contributed by atoms with Gasteiger partial charge in [0.1, 0.15) is 0 Å². The molecule has 1 N–H and O–H groups in total. The number of amides is 2. The summed E-state index contributed by atoms with van der Waals surface area (Å²) in [6.07, 6.45) is 5.76. The Bertz CT molecular complexity index is 1310. The highest BCUT2D eigenvalue weighted by Crippen LogP contribution is 2.22. The minimum Gasteiger partial charge on any atom is -0.321 e.